The molecule has 2 aromatic carbocycles. The Morgan fingerprint density at radius 2 is 1.75 bits per heavy atom. The number of hydrogen-bond acceptors (Lipinski definition) is 3. The van der Waals surface area contributed by atoms with Gasteiger partial charge in [-0.1, -0.05) is 18.2 Å². The van der Waals surface area contributed by atoms with Gasteiger partial charge in [0.05, 0.1) is 6.10 Å². The van der Waals surface area contributed by atoms with Gasteiger partial charge in [0.2, 0.25) is 11.8 Å². The molecule has 1 aliphatic rings. The Bertz CT molecular complexity index is 845. The molecular formula is C22H25FN2O3. The molecule has 28 heavy (non-hydrogen) atoms. The van der Waals surface area contributed by atoms with Crippen LogP contribution in [0.15, 0.2) is 48.5 Å². The molecule has 0 spiro atoms. The van der Waals surface area contributed by atoms with Crippen LogP contribution in [-0.2, 0) is 16.0 Å². The van der Waals surface area contributed by atoms with E-state index in [9.17, 15) is 14.0 Å². The van der Waals surface area contributed by atoms with Gasteiger partial charge in [-0.05, 0) is 69.0 Å². The molecular weight excluding hydrogens is 359 g/mol. The van der Waals surface area contributed by atoms with Gasteiger partial charge in [-0.3, -0.25) is 9.59 Å². The average molecular weight is 384 g/mol. The van der Waals surface area contributed by atoms with Gasteiger partial charge in [-0.25, -0.2) is 4.39 Å². The molecule has 0 aromatic heterocycles. The molecule has 0 radical (unpaired) electrons. The second kappa shape index (κ2) is 8.42. The zero-order chi connectivity index (χ0) is 20.1. The van der Waals surface area contributed by atoms with E-state index in [-0.39, 0.29) is 30.3 Å². The van der Waals surface area contributed by atoms with Crippen LogP contribution < -0.4 is 15.4 Å². The van der Waals surface area contributed by atoms with Crippen molar-refractivity contribution in [2.75, 3.05) is 11.9 Å². The fraction of sp³-hybridized carbons (Fsp3) is 0.364. The number of hydrogen-bond donors (Lipinski definition) is 2. The molecule has 2 aromatic rings. The number of halogens is 1. The summed E-state index contributed by atoms with van der Waals surface area (Å²) in [5.41, 5.74) is 0.134. The Labute approximate surface area is 164 Å². The highest BCUT2D eigenvalue weighted by Gasteiger charge is 2.56. The highest BCUT2D eigenvalue weighted by molar-refractivity contribution is 6.13. The van der Waals surface area contributed by atoms with E-state index in [1.54, 1.807) is 42.5 Å². The number of anilines is 1. The van der Waals surface area contributed by atoms with Crippen LogP contribution >= 0.6 is 0 Å². The number of carbonyl (C=O) groups is 2. The third-order valence-electron chi connectivity index (χ3n) is 4.74. The largest absolute Gasteiger partial charge is 0.491 e. The lowest BCUT2D eigenvalue weighted by atomic mass is 10.0. The van der Waals surface area contributed by atoms with E-state index < -0.39 is 5.41 Å². The minimum Gasteiger partial charge on any atom is -0.491 e. The third-order valence-corrected chi connectivity index (χ3v) is 4.74. The lowest BCUT2D eigenvalue weighted by molar-refractivity contribution is -0.134. The van der Waals surface area contributed by atoms with Gasteiger partial charge in [0.15, 0.2) is 0 Å². The normalized spacial score (nSPS) is 14.4. The fourth-order valence-corrected chi connectivity index (χ4v) is 3.00. The molecule has 148 valence electrons. The van der Waals surface area contributed by atoms with Crippen LogP contribution in [0.1, 0.15) is 32.3 Å². The molecule has 1 fully saturated rings. The topological polar surface area (TPSA) is 67.4 Å². The number of carbonyl (C=O) groups excluding carboxylic acids is 2. The lowest BCUT2D eigenvalue weighted by Gasteiger charge is -2.16. The summed E-state index contributed by atoms with van der Waals surface area (Å²) in [6.07, 6.45) is 1.48. The van der Waals surface area contributed by atoms with Crippen LogP contribution in [0.25, 0.3) is 0 Å². The van der Waals surface area contributed by atoms with Gasteiger partial charge in [0.25, 0.3) is 0 Å². The molecule has 5 nitrogen and oxygen atoms in total. The minimum atomic E-state index is -1.03. The smallest absolute Gasteiger partial charge is 0.240 e. The van der Waals surface area contributed by atoms with Gasteiger partial charge < -0.3 is 15.4 Å². The lowest BCUT2D eigenvalue weighted by Crippen LogP contribution is -2.40. The van der Waals surface area contributed by atoms with Crippen molar-refractivity contribution < 1.29 is 18.7 Å². The second-order valence-corrected chi connectivity index (χ2v) is 7.32. The van der Waals surface area contributed by atoms with E-state index in [0.717, 1.165) is 5.75 Å². The maximum atomic E-state index is 13.6. The van der Waals surface area contributed by atoms with E-state index in [4.69, 9.17) is 4.74 Å². The van der Waals surface area contributed by atoms with Crippen LogP contribution in [-0.4, -0.2) is 24.5 Å². The van der Waals surface area contributed by atoms with E-state index in [0.29, 0.717) is 30.5 Å². The number of nitrogens with one attached hydrogen (secondary N) is 2. The first-order valence-corrected chi connectivity index (χ1v) is 9.50. The summed E-state index contributed by atoms with van der Waals surface area (Å²) in [6.45, 7) is 4.17. The van der Waals surface area contributed by atoms with Crippen molar-refractivity contribution in [3.05, 3.63) is 59.9 Å². The van der Waals surface area contributed by atoms with Crippen LogP contribution in [0, 0.1) is 11.2 Å². The predicted octanol–water partition coefficient (Wildman–Crippen LogP) is 3.69. The van der Waals surface area contributed by atoms with Gasteiger partial charge in [-0.2, -0.15) is 0 Å². The van der Waals surface area contributed by atoms with Gasteiger partial charge in [0, 0.05) is 12.2 Å². The van der Waals surface area contributed by atoms with E-state index >= 15 is 0 Å². The maximum Gasteiger partial charge on any atom is 0.240 e. The Morgan fingerprint density at radius 1 is 1.07 bits per heavy atom. The Morgan fingerprint density at radius 3 is 2.36 bits per heavy atom. The van der Waals surface area contributed by atoms with Crippen LogP contribution in [0.5, 0.6) is 5.75 Å². The van der Waals surface area contributed by atoms with Crippen molar-refractivity contribution in [1.29, 1.82) is 0 Å². The van der Waals surface area contributed by atoms with Crippen molar-refractivity contribution in [2.24, 2.45) is 5.41 Å². The predicted molar refractivity (Wildman–Crippen MR) is 106 cm³/mol. The van der Waals surface area contributed by atoms with E-state index in [1.807, 2.05) is 13.8 Å². The SMILES string of the molecule is CC(C)Oc1ccc(NC(=O)C2(C(=O)NCCc3ccccc3F)CC2)cc1. The maximum absolute atomic E-state index is 13.6. The van der Waals surface area contributed by atoms with Crippen LogP contribution in [0.3, 0.4) is 0 Å². The summed E-state index contributed by atoms with van der Waals surface area (Å²) in [4.78, 5) is 25.1. The van der Waals surface area contributed by atoms with Gasteiger partial charge in [0.1, 0.15) is 17.0 Å². The van der Waals surface area contributed by atoms with Gasteiger partial charge >= 0.3 is 0 Å². The highest BCUT2D eigenvalue weighted by atomic mass is 19.1. The van der Waals surface area contributed by atoms with Crippen molar-refractivity contribution in [1.82, 2.24) is 5.32 Å². The molecule has 2 N–H and O–H groups in total. The molecule has 1 saturated carbocycles. The standard InChI is InChI=1S/C22H25FN2O3/c1-15(2)28-18-9-7-17(8-10-18)25-21(27)22(12-13-22)20(26)24-14-11-16-5-3-4-6-19(16)23/h3-10,15H,11-14H2,1-2H3,(H,24,26)(H,25,27). The van der Waals surface area contributed by atoms with Crippen LogP contribution in [0.4, 0.5) is 10.1 Å². The van der Waals surface area contributed by atoms with Crippen LogP contribution in [0.2, 0.25) is 0 Å². The first kappa shape index (κ1) is 19.9. The van der Waals surface area contributed by atoms with E-state index in [2.05, 4.69) is 10.6 Å². The van der Waals surface area contributed by atoms with Crippen molar-refractivity contribution >= 4 is 17.5 Å². The molecule has 3 rings (SSSR count). The molecule has 2 amide bonds. The summed E-state index contributed by atoms with van der Waals surface area (Å²) in [6, 6.07) is 13.5. The molecule has 0 bridgehead atoms. The summed E-state index contributed by atoms with van der Waals surface area (Å²) in [7, 11) is 0. The molecule has 1 aliphatic carbocycles. The Hall–Kier alpha value is -2.89. The summed E-state index contributed by atoms with van der Waals surface area (Å²) < 4.78 is 19.2. The minimum absolute atomic E-state index is 0.0724. The average Bonchev–Trinajstić information content (AvgIpc) is 3.46. The molecule has 6 heteroatoms. The first-order chi connectivity index (χ1) is 13.4. The molecule has 0 heterocycles. The monoisotopic (exact) mass is 384 g/mol. The second-order valence-electron chi connectivity index (χ2n) is 7.32. The first-order valence-electron chi connectivity index (χ1n) is 9.50. The van der Waals surface area contributed by atoms with Crippen molar-refractivity contribution in [2.45, 2.75) is 39.2 Å². The van der Waals surface area contributed by atoms with Crippen molar-refractivity contribution in [3.63, 3.8) is 0 Å². The number of ether oxygens (including phenoxy) is 1. The summed E-state index contributed by atoms with van der Waals surface area (Å²) in [5, 5.41) is 5.58. The zero-order valence-electron chi connectivity index (χ0n) is 16.1. The number of amides is 2. The molecule has 0 unspecified atom stereocenters. The molecule has 0 atom stereocenters. The summed E-state index contributed by atoms with van der Waals surface area (Å²) in [5.74, 6) is -0.185. The quantitative estimate of drug-likeness (QED) is 0.682. The zero-order valence-corrected chi connectivity index (χ0v) is 16.1. The third kappa shape index (κ3) is 4.68. The van der Waals surface area contributed by atoms with Gasteiger partial charge in [-0.15, -0.1) is 0 Å². The highest BCUT2D eigenvalue weighted by Crippen LogP contribution is 2.46. The number of benzene rings is 2. The fourth-order valence-electron chi connectivity index (χ4n) is 3.00. The Balaban J connectivity index is 1.53. The van der Waals surface area contributed by atoms with Crippen molar-refractivity contribution in [3.8, 4) is 5.75 Å². The van der Waals surface area contributed by atoms with E-state index in [1.165, 1.54) is 6.07 Å². The summed E-state index contributed by atoms with van der Waals surface area (Å²) >= 11 is 0. The Kier molecular flexibility index (Phi) is 5.97. The number of rotatable bonds is 8. The molecule has 0 aliphatic heterocycles. The molecule has 0 saturated heterocycles.